The van der Waals surface area contributed by atoms with Crippen molar-refractivity contribution in [2.45, 2.75) is 32.4 Å². The Labute approximate surface area is 101 Å². The fraction of sp³-hybridized carbons (Fsp3) is 0.500. The van der Waals surface area contributed by atoms with E-state index in [2.05, 4.69) is 10.3 Å². The van der Waals surface area contributed by atoms with Gasteiger partial charge in [-0.1, -0.05) is 6.07 Å². The van der Waals surface area contributed by atoms with E-state index in [9.17, 15) is 4.79 Å². The molecule has 1 atom stereocenters. The van der Waals surface area contributed by atoms with Gasteiger partial charge in [-0.3, -0.25) is 4.79 Å². The van der Waals surface area contributed by atoms with Gasteiger partial charge < -0.3 is 15.8 Å². The van der Waals surface area contributed by atoms with Gasteiger partial charge in [0.15, 0.2) is 0 Å². The van der Waals surface area contributed by atoms with Crippen molar-refractivity contribution in [2.75, 3.05) is 7.11 Å². The summed E-state index contributed by atoms with van der Waals surface area (Å²) in [4.78, 5) is 15.5. The summed E-state index contributed by atoms with van der Waals surface area (Å²) in [6, 6.07) is 3.73. The molecule has 94 valence electrons. The van der Waals surface area contributed by atoms with E-state index in [4.69, 9.17) is 10.5 Å². The molecule has 1 aromatic rings. The minimum absolute atomic E-state index is 0.00629. The highest BCUT2D eigenvalue weighted by molar-refractivity contribution is 5.75. The third-order valence-electron chi connectivity index (χ3n) is 2.35. The van der Waals surface area contributed by atoms with Crippen LogP contribution < -0.4 is 15.8 Å². The van der Waals surface area contributed by atoms with E-state index in [0.29, 0.717) is 25.3 Å². The molecular weight excluding hydrogens is 218 g/mol. The van der Waals surface area contributed by atoms with Gasteiger partial charge in [0, 0.05) is 30.8 Å². The molecule has 1 amide bonds. The molecule has 0 fully saturated rings. The molecule has 0 bridgehead atoms. The van der Waals surface area contributed by atoms with E-state index in [1.54, 1.807) is 13.3 Å². The third-order valence-corrected chi connectivity index (χ3v) is 2.35. The van der Waals surface area contributed by atoms with Crippen LogP contribution in [0.1, 0.15) is 25.3 Å². The largest absolute Gasteiger partial charge is 0.481 e. The van der Waals surface area contributed by atoms with Crippen LogP contribution >= 0.6 is 0 Å². The summed E-state index contributed by atoms with van der Waals surface area (Å²) in [6.45, 7) is 2.31. The number of nitrogens with one attached hydrogen (secondary N) is 1. The Balaban J connectivity index is 2.42. The van der Waals surface area contributed by atoms with Crippen molar-refractivity contribution in [2.24, 2.45) is 5.73 Å². The summed E-state index contributed by atoms with van der Waals surface area (Å²) in [7, 11) is 1.56. The number of amides is 1. The first-order chi connectivity index (χ1) is 8.13. The minimum atomic E-state index is -0.00629. The summed E-state index contributed by atoms with van der Waals surface area (Å²) in [5.74, 6) is 0.535. The van der Waals surface area contributed by atoms with Crippen LogP contribution in [0.4, 0.5) is 0 Å². The molecule has 5 nitrogen and oxygen atoms in total. The van der Waals surface area contributed by atoms with Crippen molar-refractivity contribution >= 4 is 5.91 Å². The number of hydrogen-bond donors (Lipinski definition) is 2. The number of hydrogen-bond acceptors (Lipinski definition) is 4. The Bertz CT molecular complexity index is 367. The summed E-state index contributed by atoms with van der Waals surface area (Å²) in [5.41, 5.74) is 6.45. The van der Waals surface area contributed by atoms with Gasteiger partial charge in [-0.15, -0.1) is 0 Å². The highest BCUT2D eigenvalue weighted by Gasteiger charge is 2.06. The topological polar surface area (TPSA) is 77.2 Å². The molecule has 0 aliphatic rings. The lowest BCUT2D eigenvalue weighted by atomic mass is 10.2. The predicted molar refractivity (Wildman–Crippen MR) is 65.5 cm³/mol. The SMILES string of the molecule is COc1ncccc1CNC(=O)CCC(C)N. The Morgan fingerprint density at radius 2 is 2.41 bits per heavy atom. The normalized spacial score (nSPS) is 11.9. The predicted octanol–water partition coefficient (Wildman–Crippen LogP) is 0.834. The van der Waals surface area contributed by atoms with E-state index in [0.717, 1.165) is 5.56 Å². The molecule has 0 aliphatic heterocycles. The number of carbonyl (C=O) groups is 1. The Morgan fingerprint density at radius 1 is 1.65 bits per heavy atom. The van der Waals surface area contributed by atoms with Crippen molar-refractivity contribution in [3.05, 3.63) is 23.9 Å². The van der Waals surface area contributed by atoms with Crippen molar-refractivity contribution in [1.82, 2.24) is 10.3 Å². The number of rotatable bonds is 6. The van der Waals surface area contributed by atoms with Crippen LogP contribution in [0.3, 0.4) is 0 Å². The quantitative estimate of drug-likeness (QED) is 0.768. The summed E-state index contributed by atoms with van der Waals surface area (Å²) < 4.78 is 5.09. The molecule has 1 heterocycles. The molecule has 5 heteroatoms. The fourth-order valence-electron chi connectivity index (χ4n) is 1.38. The Kier molecular flexibility index (Phi) is 5.42. The summed E-state index contributed by atoms with van der Waals surface area (Å²) in [6.07, 6.45) is 2.79. The van der Waals surface area contributed by atoms with Crippen molar-refractivity contribution in [1.29, 1.82) is 0 Å². The van der Waals surface area contributed by atoms with Gasteiger partial charge in [0.1, 0.15) is 0 Å². The van der Waals surface area contributed by atoms with Gasteiger partial charge in [0.2, 0.25) is 11.8 Å². The van der Waals surface area contributed by atoms with Crippen molar-refractivity contribution in [3.63, 3.8) is 0 Å². The monoisotopic (exact) mass is 237 g/mol. The summed E-state index contributed by atoms with van der Waals surface area (Å²) >= 11 is 0. The average molecular weight is 237 g/mol. The number of pyridine rings is 1. The third kappa shape index (κ3) is 4.82. The highest BCUT2D eigenvalue weighted by atomic mass is 16.5. The first kappa shape index (κ1) is 13.4. The standard InChI is InChI=1S/C12H19N3O2/c1-9(13)5-6-11(16)15-8-10-4-3-7-14-12(10)17-2/h3-4,7,9H,5-6,8,13H2,1-2H3,(H,15,16). The van der Waals surface area contributed by atoms with Crippen LogP contribution in [0.5, 0.6) is 5.88 Å². The molecule has 0 aliphatic carbocycles. The van der Waals surface area contributed by atoms with E-state index in [1.165, 1.54) is 0 Å². The van der Waals surface area contributed by atoms with E-state index in [-0.39, 0.29) is 11.9 Å². The highest BCUT2D eigenvalue weighted by Crippen LogP contribution is 2.12. The van der Waals surface area contributed by atoms with Crippen LogP contribution in [0.2, 0.25) is 0 Å². The zero-order valence-electron chi connectivity index (χ0n) is 10.3. The molecule has 0 spiro atoms. The first-order valence-corrected chi connectivity index (χ1v) is 5.63. The molecule has 0 aromatic carbocycles. The Morgan fingerprint density at radius 3 is 3.06 bits per heavy atom. The number of methoxy groups -OCH3 is 1. The second-order valence-electron chi connectivity index (χ2n) is 3.96. The van der Waals surface area contributed by atoms with Gasteiger partial charge in [-0.2, -0.15) is 0 Å². The first-order valence-electron chi connectivity index (χ1n) is 5.63. The number of aromatic nitrogens is 1. The second-order valence-corrected chi connectivity index (χ2v) is 3.96. The zero-order valence-corrected chi connectivity index (χ0v) is 10.3. The van der Waals surface area contributed by atoms with Crippen molar-refractivity contribution < 1.29 is 9.53 Å². The molecule has 1 unspecified atom stereocenters. The molecule has 1 rings (SSSR count). The second kappa shape index (κ2) is 6.85. The molecular formula is C12H19N3O2. The summed E-state index contributed by atoms with van der Waals surface area (Å²) in [5, 5.41) is 2.81. The van der Waals surface area contributed by atoms with Gasteiger partial charge in [-0.05, 0) is 19.4 Å². The van der Waals surface area contributed by atoms with Crippen LogP contribution in [0.15, 0.2) is 18.3 Å². The van der Waals surface area contributed by atoms with E-state index < -0.39 is 0 Å². The number of ether oxygens (including phenoxy) is 1. The fourth-order valence-corrected chi connectivity index (χ4v) is 1.38. The van der Waals surface area contributed by atoms with E-state index >= 15 is 0 Å². The lowest BCUT2D eigenvalue weighted by Gasteiger charge is -2.09. The van der Waals surface area contributed by atoms with Crippen molar-refractivity contribution in [3.8, 4) is 5.88 Å². The van der Waals surface area contributed by atoms with Crippen LogP contribution in [-0.2, 0) is 11.3 Å². The maximum atomic E-state index is 11.5. The zero-order chi connectivity index (χ0) is 12.7. The maximum Gasteiger partial charge on any atom is 0.220 e. The van der Waals surface area contributed by atoms with Gasteiger partial charge in [0.25, 0.3) is 0 Å². The minimum Gasteiger partial charge on any atom is -0.481 e. The van der Waals surface area contributed by atoms with Gasteiger partial charge >= 0.3 is 0 Å². The Hall–Kier alpha value is -1.62. The van der Waals surface area contributed by atoms with Gasteiger partial charge in [0.05, 0.1) is 7.11 Å². The molecule has 1 aromatic heterocycles. The molecule has 0 radical (unpaired) electrons. The molecule has 17 heavy (non-hydrogen) atoms. The average Bonchev–Trinajstić information content (AvgIpc) is 2.34. The number of nitrogens with two attached hydrogens (primary N) is 1. The molecule has 0 saturated heterocycles. The van der Waals surface area contributed by atoms with Crippen LogP contribution in [-0.4, -0.2) is 24.0 Å². The maximum absolute atomic E-state index is 11.5. The van der Waals surface area contributed by atoms with E-state index in [1.807, 2.05) is 19.1 Å². The number of carbonyl (C=O) groups excluding carboxylic acids is 1. The molecule has 3 N–H and O–H groups in total. The lowest BCUT2D eigenvalue weighted by Crippen LogP contribution is -2.25. The number of nitrogens with zero attached hydrogens (tertiary/aromatic N) is 1. The molecule has 0 saturated carbocycles. The van der Waals surface area contributed by atoms with Gasteiger partial charge in [-0.25, -0.2) is 4.98 Å². The lowest BCUT2D eigenvalue weighted by molar-refractivity contribution is -0.121. The van der Waals surface area contributed by atoms with Crippen LogP contribution in [0.25, 0.3) is 0 Å². The smallest absolute Gasteiger partial charge is 0.220 e. The van der Waals surface area contributed by atoms with Crippen LogP contribution in [0, 0.1) is 0 Å².